The van der Waals surface area contributed by atoms with Crippen LogP contribution in [0.5, 0.6) is 11.5 Å². The second-order valence-corrected chi connectivity index (χ2v) is 10.6. The summed E-state index contributed by atoms with van der Waals surface area (Å²) < 4.78 is 17.2. The van der Waals surface area contributed by atoms with Crippen molar-refractivity contribution in [2.45, 2.75) is 76.7 Å². The largest absolute Gasteiger partial charge is 0.497 e. The minimum Gasteiger partial charge on any atom is -0.497 e. The van der Waals surface area contributed by atoms with Gasteiger partial charge in [-0.15, -0.1) is 0 Å². The molecule has 9 nitrogen and oxygen atoms in total. The molecule has 0 radical (unpaired) electrons. The number of rotatable bonds is 6. The zero-order chi connectivity index (χ0) is 27.0. The van der Waals surface area contributed by atoms with Crippen molar-refractivity contribution >= 4 is 24.4 Å². The number of amides is 1. The third-order valence-corrected chi connectivity index (χ3v) is 6.39. The second kappa shape index (κ2) is 12.9. The Kier molecular flexibility index (Phi) is 9.33. The Labute approximate surface area is 225 Å². The van der Waals surface area contributed by atoms with Crippen LogP contribution in [0.25, 0.3) is 0 Å². The van der Waals surface area contributed by atoms with Gasteiger partial charge in [-0.2, -0.15) is 0 Å². The fourth-order valence-electron chi connectivity index (χ4n) is 4.45. The number of allylic oxidation sites excluding steroid dienone is 1. The van der Waals surface area contributed by atoms with Crippen LogP contribution in [0.15, 0.2) is 63.2 Å². The highest BCUT2D eigenvalue weighted by Gasteiger charge is 2.33. The molecular formula is C29H39N5O4. The van der Waals surface area contributed by atoms with Crippen molar-refractivity contribution in [3.63, 3.8) is 0 Å². The maximum absolute atomic E-state index is 12.7. The lowest BCUT2D eigenvalue weighted by atomic mass is 10.1. The summed E-state index contributed by atoms with van der Waals surface area (Å²) in [5, 5.41) is 3.51. The van der Waals surface area contributed by atoms with Crippen molar-refractivity contribution in [1.82, 2.24) is 10.2 Å². The van der Waals surface area contributed by atoms with E-state index in [9.17, 15) is 4.79 Å². The van der Waals surface area contributed by atoms with Gasteiger partial charge in [-0.3, -0.25) is 15.3 Å². The Morgan fingerprint density at radius 2 is 1.92 bits per heavy atom. The molecule has 0 saturated carbocycles. The first-order valence-electron chi connectivity index (χ1n) is 13.4. The van der Waals surface area contributed by atoms with E-state index in [0.29, 0.717) is 24.7 Å². The van der Waals surface area contributed by atoms with E-state index in [0.717, 1.165) is 43.4 Å². The van der Waals surface area contributed by atoms with Crippen molar-refractivity contribution in [2.75, 3.05) is 20.2 Å². The first kappa shape index (κ1) is 27.6. The van der Waals surface area contributed by atoms with Crippen LogP contribution in [0, 0.1) is 0 Å². The SMILES string of the molecule is COc1ccc(OC2=NC(/C3=C/N=CCCCC=C3)N=CC2NCC2CCCN2C(=O)OC(C)(C)C)cc1. The molecule has 0 aromatic heterocycles. The zero-order valence-corrected chi connectivity index (χ0v) is 22.8. The summed E-state index contributed by atoms with van der Waals surface area (Å²) in [6.45, 7) is 6.91. The van der Waals surface area contributed by atoms with E-state index in [1.54, 1.807) is 7.11 Å². The number of methoxy groups -OCH3 is 1. The number of hydrogen-bond donors (Lipinski definition) is 1. The molecule has 3 unspecified atom stereocenters. The molecule has 4 rings (SSSR count). The molecule has 1 aromatic rings. The Bertz CT molecular complexity index is 1100. The summed E-state index contributed by atoms with van der Waals surface area (Å²) >= 11 is 0. The third-order valence-electron chi connectivity index (χ3n) is 6.39. The number of ether oxygens (including phenoxy) is 3. The van der Waals surface area contributed by atoms with Crippen molar-refractivity contribution in [1.29, 1.82) is 0 Å². The van der Waals surface area contributed by atoms with Crippen LogP contribution in [0.1, 0.15) is 52.9 Å². The highest BCUT2D eigenvalue weighted by molar-refractivity contribution is 6.00. The molecule has 1 N–H and O–H groups in total. The second-order valence-electron chi connectivity index (χ2n) is 10.6. The van der Waals surface area contributed by atoms with Crippen molar-refractivity contribution in [2.24, 2.45) is 15.0 Å². The molecular weight excluding hydrogens is 482 g/mol. The van der Waals surface area contributed by atoms with Gasteiger partial charge in [0, 0.05) is 43.3 Å². The molecule has 1 saturated heterocycles. The topological polar surface area (TPSA) is 97.1 Å². The van der Waals surface area contributed by atoms with Gasteiger partial charge in [0.25, 0.3) is 0 Å². The van der Waals surface area contributed by atoms with Gasteiger partial charge >= 0.3 is 6.09 Å². The molecule has 3 aliphatic heterocycles. The summed E-state index contributed by atoms with van der Waals surface area (Å²) in [7, 11) is 1.63. The van der Waals surface area contributed by atoms with Gasteiger partial charge < -0.3 is 19.1 Å². The quantitative estimate of drug-likeness (QED) is 0.572. The van der Waals surface area contributed by atoms with Crippen molar-refractivity contribution in [3.05, 3.63) is 48.2 Å². The van der Waals surface area contributed by atoms with Crippen LogP contribution in [-0.2, 0) is 4.74 Å². The van der Waals surface area contributed by atoms with Gasteiger partial charge in [-0.05, 0) is 77.1 Å². The van der Waals surface area contributed by atoms with Crippen LogP contribution in [0.4, 0.5) is 4.79 Å². The number of benzene rings is 1. The van der Waals surface area contributed by atoms with E-state index in [1.807, 2.05) is 74.6 Å². The number of likely N-dealkylation sites (tertiary alicyclic amines) is 1. The number of carbonyl (C=O) groups excluding carboxylic acids is 1. The smallest absolute Gasteiger partial charge is 0.410 e. The van der Waals surface area contributed by atoms with E-state index >= 15 is 0 Å². The molecule has 3 heterocycles. The normalized spacial score (nSPS) is 25.1. The molecule has 9 heteroatoms. The van der Waals surface area contributed by atoms with Crippen LogP contribution >= 0.6 is 0 Å². The number of nitrogens with one attached hydrogen (secondary N) is 1. The predicted octanol–water partition coefficient (Wildman–Crippen LogP) is 4.94. The molecule has 1 amide bonds. The van der Waals surface area contributed by atoms with Crippen LogP contribution in [0.3, 0.4) is 0 Å². The minimum atomic E-state index is -0.530. The van der Waals surface area contributed by atoms with Gasteiger partial charge in [0.15, 0.2) is 6.17 Å². The average molecular weight is 522 g/mol. The molecule has 38 heavy (non-hydrogen) atoms. The highest BCUT2D eigenvalue weighted by atomic mass is 16.6. The van der Waals surface area contributed by atoms with E-state index in [2.05, 4.69) is 16.4 Å². The fraction of sp³-hybridized carbons (Fsp3) is 0.517. The monoisotopic (exact) mass is 521 g/mol. The van der Waals surface area contributed by atoms with E-state index < -0.39 is 11.8 Å². The fourth-order valence-corrected chi connectivity index (χ4v) is 4.45. The van der Waals surface area contributed by atoms with E-state index in [-0.39, 0.29) is 18.2 Å². The minimum absolute atomic E-state index is 0.0209. The number of carbonyl (C=O) groups is 1. The average Bonchev–Trinajstić information content (AvgIpc) is 3.41. The number of aliphatic imine (C=N–C) groups is 3. The first-order chi connectivity index (χ1) is 18.3. The van der Waals surface area contributed by atoms with Gasteiger partial charge in [0.05, 0.1) is 7.11 Å². The molecule has 1 aromatic carbocycles. The number of hydrogen-bond acceptors (Lipinski definition) is 8. The lowest BCUT2D eigenvalue weighted by Crippen LogP contribution is -2.50. The standard InChI is InChI=1S/C29H39N5O4/c1-29(2,3)38-28(35)34-17-9-11-22(34)19-31-25-20-32-26(21-10-7-5-6-8-16-30-18-21)33-27(25)37-24-14-12-23(36-4)13-15-24/h7,10,12-16,18,20,22,25-26,31H,5-6,8-9,11,17,19H2,1-4H3/b10-7?,21-18+,30-16?. The maximum atomic E-state index is 12.7. The summed E-state index contributed by atoms with van der Waals surface area (Å²) in [6, 6.07) is 7.07. The summed E-state index contributed by atoms with van der Waals surface area (Å²) in [5.74, 6) is 1.91. The van der Waals surface area contributed by atoms with Crippen LogP contribution in [-0.4, -0.2) is 73.4 Å². The van der Waals surface area contributed by atoms with Crippen molar-refractivity contribution in [3.8, 4) is 11.5 Å². The zero-order valence-electron chi connectivity index (χ0n) is 22.8. The van der Waals surface area contributed by atoms with Crippen molar-refractivity contribution < 1.29 is 19.0 Å². The van der Waals surface area contributed by atoms with Gasteiger partial charge in [-0.25, -0.2) is 9.79 Å². The van der Waals surface area contributed by atoms with Gasteiger partial charge in [-0.1, -0.05) is 12.2 Å². The first-order valence-corrected chi connectivity index (χ1v) is 13.4. The highest BCUT2D eigenvalue weighted by Crippen LogP contribution is 2.23. The molecule has 204 valence electrons. The Morgan fingerprint density at radius 3 is 2.68 bits per heavy atom. The molecule has 0 spiro atoms. The lowest BCUT2D eigenvalue weighted by molar-refractivity contribution is 0.0226. The molecule has 0 aliphatic carbocycles. The molecule has 1 fully saturated rings. The van der Waals surface area contributed by atoms with E-state index in [4.69, 9.17) is 24.2 Å². The lowest BCUT2D eigenvalue weighted by Gasteiger charge is -2.30. The Balaban J connectivity index is 1.50. The maximum Gasteiger partial charge on any atom is 0.410 e. The van der Waals surface area contributed by atoms with Gasteiger partial charge in [0.2, 0.25) is 5.90 Å². The molecule has 3 atom stereocenters. The summed E-state index contributed by atoms with van der Waals surface area (Å²) in [6.07, 6.45) is 13.9. The third kappa shape index (κ3) is 7.77. The Morgan fingerprint density at radius 1 is 1.13 bits per heavy atom. The van der Waals surface area contributed by atoms with E-state index in [1.165, 1.54) is 0 Å². The molecule has 0 bridgehead atoms. The van der Waals surface area contributed by atoms with Crippen LogP contribution in [0.2, 0.25) is 0 Å². The van der Waals surface area contributed by atoms with Gasteiger partial charge in [0.1, 0.15) is 23.1 Å². The molecule has 3 aliphatic rings. The number of nitrogens with zero attached hydrogens (tertiary/aromatic N) is 4. The summed E-state index contributed by atoms with van der Waals surface area (Å²) in [5.41, 5.74) is 0.373. The predicted molar refractivity (Wildman–Crippen MR) is 151 cm³/mol. The Hall–Kier alpha value is -3.46. The summed E-state index contributed by atoms with van der Waals surface area (Å²) in [4.78, 5) is 28.6. The van der Waals surface area contributed by atoms with Crippen LogP contribution < -0.4 is 14.8 Å².